The molecule has 1 N–H and O–H groups in total. The lowest BCUT2D eigenvalue weighted by Gasteiger charge is -2.30. The molecule has 0 bridgehead atoms. The summed E-state index contributed by atoms with van der Waals surface area (Å²) in [5.41, 5.74) is 2.05. The van der Waals surface area contributed by atoms with Crippen molar-refractivity contribution in [2.24, 2.45) is 0 Å². The zero-order valence-electron chi connectivity index (χ0n) is 15.6. The highest BCUT2D eigenvalue weighted by Crippen LogP contribution is 2.14. The van der Waals surface area contributed by atoms with E-state index in [1.165, 1.54) is 11.1 Å². The zero-order valence-corrected chi connectivity index (χ0v) is 15.6. The van der Waals surface area contributed by atoms with Crippen molar-refractivity contribution in [1.29, 1.82) is 0 Å². The molecule has 0 radical (unpaired) electrons. The molecule has 4 heteroatoms. The van der Waals surface area contributed by atoms with E-state index in [1.54, 1.807) is 4.90 Å². The fourth-order valence-electron chi connectivity index (χ4n) is 2.26. The van der Waals surface area contributed by atoms with Crippen LogP contribution in [0.15, 0.2) is 24.3 Å². The first-order valence-electron chi connectivity index (χ1n) is 8.39. The second-order valence-electron chi connectivity index (χ2n) is 7.35. The molecule has 1 aromatic carbocycles. The molecule has 130 valence electrons. The lowest BCUT2D eigenvalue weighted by atomic mass is 10.1. The Bertz CT molecular complexity index is 489. The van der Waals surface area contributed by atoms with E-state index >= 15 is 0 Å². The summed E-state index contributed by atoms with van der Waals surface area (Å²) in [6, 6.07) is 8.88. The minimum Gasteiger partial charge on any atom is -0.444 e. The van der Waals surface area contributed by atoms with Crippen LogP contribution >= 0.6 is 0 Å². The Morgan fingerprint density at radius 2 is 1.74 bits per heavy atom. The van der Waals surface area contributed by atoms with Crippen molar-refractivity contribution in [3.05, 3.63) is 35.4 Å². The van der Waals surface area contributed by atoms with E-state index in [0.29, 0.717) is 6.54 Å². The summed E-state index contributed by atoms with van der Waals surface area (Å²) in [5, 5.41) is 3.47. The summed E-state index contributed by atoms with van der Waals surface area (Å²) < 4.78 is 5.48. The molecule has 1 amide bonds. The maximum absolute atomic E-state index is 12.3. The minimum absolute atomic E-state index is 0.112. The van der Waals surface area contributed by atoms with Gasteiger partial charge in [-0.2, -0.15) is 0 Å². The third kappa shape index (κ3) is 7.04. The van der Waals surface area contributed by atoms with Gasteiger partial charge in [0.2, 0.25) is 0 Å². The molecule has 0 aliphatic carbocycles. The minimum atomic E-state index is -0.465. The lowest BCUT2D eigenvalue weighted by molar-refractivity contribution is 0.0192. The molecular weight excluding hydrogens is 288 g/mol. The molecule has 0 spiro atoms. The summed E-state index contributed by atoms with van der Waals surface area (Å²) in [6.45, 7) is 15.3. The molecule has 0 fully saturated rings. The number of nitrogens with one attached hydrogen (secondary N) is 1. The fourth-order valence-corrected chi connectivity index (χ4v) is 2.26. The van der Waals surface area contributed by atoms with E-state index in [9.17, 15) is 4.79 Å². The lowest BCUT2D eigenvalue weighted by Crippen LogP contribution is -2.44. The quantitative estimate of drug-likeness (QED) is 0.850. The number of nitrogens with zero attached hydrogens (tertiary/aromatic N) is 1. The summed E-state index contributed by atoms with van der Waals surface area (Å²) in [6.07, 6.45) is -0.253. The van der Waals surface area contributed by atoms with E-state index in [0.717, 1.165) is 6.54 Å². The van der Waals surface area contributed by atoms with Gasteiger partial charge in [-0.15, -0.1) is 0 Å². The second kappa shape index (κ2) is 8.34. The Morgan fingerprint density at radius 3 is 2.22 bits per heavy atom. The van der Waals surface area contributed by atoms with Crippen LogP contribution in [0, 0.1) is 6.92 Å². The number of aryl methyl sites for hydroxylation is 1. The molecule has 0 saturated heterocycles. The summed E-state index contributed by atoms with van der Waals surface area (Å²) >= 11 is 0. The molecule has 0 saturated carbocycles. The van der Waals surface area contributed by atoms with Gasteiger partial charge in [0.1, 0.15) is 5.60 Å². The highest BCUT2D eigenvalue weighted by molar-refractivity contribution is 5.68. The molecule has 0 aliphatic rings. The zero-order chi connectivity index (χ0) is 17.6. The Morgan fingerprint density at radius 1 is 1.17 bits per heavy atom. The molecule has 1 unspecified atom stereocenters. The van der Waals surface area contributed by atoms with Crippen molar-refractivity contribution in [1.82, 2.24) is 10.2 Å². The van der Waals surface area contributed by atoms with Crippen molar-refractivity contribution >= 4 is 6.09 Å². The van der Waals surface area contributed by atoms with Crippen LogP contribution in [-0.4, -0.2) is 35.7 Å². The van der Waals surface area contributed by atoms with Gasteiger partial charge in [0.25, 0.3) is 0 Å². The highest BCUT2D eigenvalue weighted by Gasteiger charge is 2.23. The third-order valence-corrected chi connectivity index (χ3v) is 3.63. The smallest absolute Gasteiger partial charge is 0.410 e. The maximum Gasteiger partial charge on any atom is 0.410 e. The van der Waals surface area contributed by atoms with Gasteiger partial charge < -0.3 is 15.0 Å². The maximum atomic E-state index is 12.3. The van der Waals surface area contributed by atoms with Gasteiger partial charge in [-0.25, -0.2) is 4.79 Å². The fraction of sp³-hybridized carbons (Fsp3) is 0.632. The van der Waals surface area contributed by atoms with Crippen LogP contribution in [0.2, 0.25) is 0 Å². The molecule has 23 heavy (non-hydrogen) atoms. The highest BCUT2D eigenvalue weighted by atomic mass is 16.6. The van der Waals surface area contributed by atoms with Gasteiger partial charge in [-0.05, 0) is 54.0 Å². The number of amides is 1. The molecule has 0 heterocycles. The van der Waals surface area contributed by atoms with E-state index in [4.69, 9.17) is 4.74 Å². The van der Waals surface area contributed by atoms with Gasteiger partial charge in [0.15, 0.2) is 0 Å². The largest absolute Gasteiger partial charge is 0.444 e. The van der Waals surface area contributed by atoms with Crippen LogP contribution in [-0.2, 0) is 4.74 Å². The molecule has 1 atom stereocenters. The Balaban J connectivity index is 2.52. The molecule has 0 aromatic heterocycles. The first-order valence-corrected chi connectivity index (χ1v) is 8.39. The first kappa shape index (κ1) is 19.5. The van der Waals surface area contributed by atoms with Crippen molar-refractivity contribution in [3.63, 3.8) is 0 Å². The Hall–Kier alpha value is -1.55. The number of carbonyl (C=O) groups excluding carboxylic acids is 1. The van der Waals surface area contributed by atoms with Gasteiger partial charge in [0.05, 0.1) is 0 Å². The number of hydrogen-bond donors (Lipinski definition) is 1. The van der Waals surface area contributed by atoms with Gasteiger partial charge in [0, 0.05) is 25.2 Å². The molecule has 1 aromatic rings. The van der Waals surface area contributed by atoms with Crippen LogP contribution < -0.4 is 5.32 Å². The predicted molar refractivity (Wildman–Crippen MR) is 95.7 cm³/mol. The van der Waals surface area contributed by atoms with Crippen LogP contribution in [0.5, 0.6) is 0 Å². The topological polar surface area (TPSA) is 41.6 Å². The Labute approximate surface area is 141 Å². The average Bonchev–Trinajstić information content (AvgIpc) is 2.41. The number of hydrogen-bond acceptors (Lipinski definition) is 3. The average molecular weight is 320 g/mol. The number of carbonyl (C=O) groups is 1. The first-order chi connectivity index (χ1) is 10.6. The number of rotatable bonds is 6. The number of benzene rings is 1. The standard InChI is InChI=1S/C19H32N2O2/c1-14(2)21(18(22)23-19(5,6)7)13-12-20-16(4)17-10-8-15(3)9-11-17/h8-11,14,16,20H,12-13H2,1-7H3. The summed E-state index contributed by atoms with van der Waals surface area (Å²) in [5.74, 6) is 0. The number of ether oxygens (including phenoxy) is 1. The molecular formula is C19H32N2O2. The second-order valence-corrected chi connectivity index (χ2v) is 7.35. The summed E-state index contributed by atoms with van der Waals surface area (Å²) in [7, 11) is 0. The molecule has 0 aliphatic heterocycles. The predicted octanol–water partition coefficient (Wildman–Crippen LogP) is 4.29. The van der Waals surface area contributed by atoms with Crippen LogP contribution in [0.25, 0.3) is 0 Å². The van der Waals surface area contributed by atoms with Crippen molar-refractivity contribution in [3.8, 4) is 0 Å². The van der Waals surface area contributed by atoms with Gasteiger partial charge >= 0.3 is 6.09 Å². The van der Waals surface area contributed by atoms with E-state index in [1.807, 2.05) is 34.6 Å². The normalized spacial score (nSPS) is 13.0. The molecule has 1 rings (SSSR count). The van der Waals surface area contributed by atoms with E-state index in [2.05, 4.69) is 43.4 Å². The van der Waals surface area contributed by atoms with Crippen molar-refractivity contribution < 1.29 is 9.53 Å². The van der Waals surface area contributed by atoms with Crippen LogP contribution in [0.1, 0.15) is 58.7 Å². The Kier molecular flexibility index (Phi) is 7.07. The van der Waals surface area contributed by atoms with Crippen molar-refractivity contribution in [2.75, 3.05) is 13.1 Å². The third-order valence-electron chi connectivity index (χ3n) is 3.63. The van der Waals surface area contributed by atoms with Gasteiger partial charge in [-0.1, -0.05) is 29.8 Å². The van der Waals surface area contributed by atoms with Crippen molar-refractivity contribution in [2.45, 2.75) is 66.2 Å². The van der Waals surface area contributed by atoms with E-state index < -0.39 is 5.60 Å². The van der Waals surface area contributed by atoms with E-state index in [-0.39, 0.29) is 18.2 Å². The van der Waals surface area contributed by atoms with Crippen LogP contribution in [0.4, 0.5) is 4.79 Å². The molecule has 4 nitrogen and oxygen atoms in total. The SMILES string of the molecule is Cc1ccc(C(C)NCCN(C(=O)OC(C)(C)C)C(C)C)cc1. The monoisotopic (exact) mass is 320 g/mol. The van der Waals surface area contributed by atoms with Crippen LogP contribution in [0.3, 0.4) is 0 Å². The van der Waals surface area contributed by atoms with Gasteiger partial charge in [-0.3, -0.25) is 0 Å². The summed E-state index contributed by atoms with van der Waals surface area (Å²) in [4.78, 5) is 14.0.